The average Bonchev–Trinajstić information content (AvgIpc) is 2.86. The maximum Gasteiger partial charge on any atom is 0.349 e. The van der Waals surface area contributed by atoms with Crippen LogP contribution < -0.4 is 9.47 Å². The van der Waals surface area contributed by atoms with Gasteiger partial charge in [-0.25, -0.2) is 22.4 Å². The lowest BCUT2D eigenvalue weighted by atomic mass is 9.75. The molecule has 0 aromatic heterocycles. The molecule has 0 radical (unpaired) electrons. The van der Waals surface area contributed by atoms with E-state index in [-0.39, 0.29) is 12.5 Å². The summed E-state index contributed by atoms with van der Waals surface area (Å²) in [5.41, 5.74) is 0.912. The van der Waals surface area contributed by atoms with E-state index in [0.29, 0.717) is 17.4 Å². The molecule has 1 saturated carbocycles. The average molecular weight is 515 g/mol. The van der Waals surface area contributed by atoms with E-state index in [1.54, 1.807) is 6.92 Å². The number of hydrogen-bond donors (Lipinski definition) is 0. The maximum absolute atomic E-state index is 14.9. The van der Waals surface area contributed by atoms with Gasteiger partial charge in [0.2, 0.25) is 0 Å². The van der Waals surface area contributed by atoms with Crippen molar-refractivity contribution in [2.24, 2.45) is 5.92 Å². The molecule has 3 aromatic carbocycles. The molecule has 7 heteroatoms. The fraction of sp³-hybridized carbons (Fsp3) is 0.367. The van der Waals surface area contributed by atoms with E-state index in [2.05, 4.69) is 19.1 Å². The van der Waals surface area contributed by atoms with Crippen LogP contribution in [0.1, 0.15) is 79.3 Å². The number of benzene rings is 3. The molecule has 0 saturated heterocycles. The molecule has 0 unspecified atom stereocenters. The smallest absolute Gasteiger partial charge is 0.349 e. The van der Waals surface area contributed by atoms with Gasteiger partial charge in [0.1, 0.15) is 22.9 Å². The van der Waals surface area contributed by atoms with E-state index in [1.807, 2.05) is 18.2 Å². The van der Waals surface area contributed by atoms with Crippen LogP contribution in [0.2, 0.25) is 0 Å². The highest BCUT2D eigenvalue weighted by molar-refractivity contribution is 5.91. The van der Waals surface area contributed by atoms with E-state index >= 15 is 0 Å². The summed E-state index contributed by atoms with van der Waals surface area (Å²) in [5.74, 6) is -5.83. The number of halogens is 4. The minimum absolute atomic E-state index is 0.00773. The second-order valence-electron chi connectivity index (χ2n) is 9.66. The fourth-order valence-electron chi connectivity index (χ4n) is 5.21. The van der Waals surface area contributed by atoms with E-state index < -0.39 is 46.3 Å². The molecule has 0 aliphatic heterocycles. The topological polar surface area (TPSA) is 35.5 Å². The molecule has 1 aliphatic carbocycles. The van der Waals surface area contributed by atoms with Crippen molar-refractivity contribution in [3.63, 3.8) is 0 Å². The highest BCUT2D eigenvalue weighted by atomic mass is 19.1. The number of esters is 1. The Morgan fingerprint density at radius 3 is 2.05 bits per heavy atom. The van der Waals surface area contributed by atoms with Crippen LogP contribution >= 0.6 is 0 Å². The van der Waals surface area contributed by atoms with Gasteiger partial charge in [-0.05, 0) is 80.0 Å². The maximum atomic E-state index is 14.9. The van der Waals surface area contributed by atoms with Gasteiger partial charge in [-0.3, -0.25) is 0 Å². The van der Waals surface area contributed by atoms with Crippen molar-refractivity contribution in [1.29, 1.82) is 0 Å². The lowest BCUT2D eigenvalue weighted by Crippen LogP contribution is -2.17. The number of carbonyl (C=O) groups excluding carboxylic acids is 1. The van der Waals surface area contributed by atoms with Crippen LogP contribution in [-0.2, 0) is 0 Å². The minimum Gasteiger partial charge on any atom is -0.488 e. The van der Waals surface area contributed by atoms with Crippen molar-refractivity contribution in [2.45, 2.75) is 57.8 Å². The van der Waals surface area contributed by atoms with Crippen molar-refractivity contribution in [2.75, 3.05) is 6.61 Å². The van der Waals surface area contributed by atoms with Crippen LogP contribution in [0.3, 0.4) is 0 Å². The normalized spacial score (nSPS) is 18.3. The Hall–Kier alpha value is -3.35. The number of rotatable bonds is 8. The largest absolute Gasteiger partial charge is 0.488 e. The minimum atomic E-state index is -1.37. The number of carbonyl (C=O) groups is 1. The van der Waals surface area contributed by atoms with Crippen LogP contribution in [0.15, 0.2) is 54.6 Å². The summed E-state index contributed by atoms with van der Waals surface area (Å²) in [5, 5.41) is 0. The monoisotopic (exact) mass is 514 g/mol. The first-order valence-corrected chi connectivity index (χ1v) is 12.6. The van der Waals surface area contributed by atoms with Gasteiger partial charge >= 0.3 is 5.97 Å². The van der Waals surface area contributed by atoms with Gasteiger partial charge in [0.25, 0.3) is 0 Å². The SMILES string of the molecule is CCOc1c(F)cc(OC(=O)c2c(F)cc(C3CCC(C[C@@H](C)c4ccccc4)CC3)cc2F)cc1F. The van der Waals surface area contributed by atoms with Gasteiger partial charge in [-0.2, -0.15) is 0 Å². The molecule has 196 valence electrons. The summed E-state index contributed by atoms with van der Waals surface area (Å²) < 4.78 is 67.6. The fourth-order valence-corrected chi connectivity index (χ4v) is 5.21. The van der Waals surface area contributed by atoms with Crippen LogP contribution in [0.25, 0.3) is 0 Å². The molecule has 0 N–H and O–H groups in total. The zero-order valence-corrected chi connectivity index (χ0v) is 20.9. The molecule has 1 atom stereocenters. The van der Waals surface area contributed by atoms with Crippen molar-refractivity contribution in [3.05, 3.63) is 94.6 Å². The summed E-state index contributed by atoms with van der Waals surface area (Å²) in [4.78, 5) is 12.5. The Morgan fingerprint density at radius 1 is 0.892 bits per heavy atom. The lowest BCUT2D eigenvalue weighted by Gasteiger charge is -2.30. The summed E-state index contributed by atoms with van der Waals surface area (Å²) in [6.45, 7) is 3.81. The van der Waals surface area contributed by atoms with E-state index in [0.717, 1.165) is 56.4 Å². The first-order chi connectivity index (χ1) is 17.8. The quantitative estimate of drug-likeness (QED) is 0.172. The highest BCUT2D eigenvalue weighted by Crippen LogP contribution is 2.40. The molecule has 0 amide bonds. The Morgan fingerprint density at radius 2 is 1.49 bits per heavy atom. The zero-order chi connectivity index (χ0) is 26.5. The summed E-state index contributed by atoms with van der Waals surface area (Å²) in [7, 11) is 0. The molecular weight excluding hydrogens is 484 g/mol. The van der Waals surface area contributed by atoms with Gasteiger partial charge < -0.3 is 9.47 Å². The standard InChI is InChI=1S/C30H30F4O3/c1-3-36-29-26(33)16-23(17-27(29)34)37-30(35)28-24(31)14-22(15-25(28)32)21-11-9-19(10-12-21)13-18(2)20-7-5-4-6-8-20/h4-8,14-19,21H,3,9-13H2,1-2H3/t18-,19?,21?/m1/s1. The molecule has 1 aliphatic rings. The van der Waals surface area contributed by atoms with Gasteiger partial charge in [-0.1, -0.05) is 37.3 Å². The van der Waals surface area contributed by atoms with E-state index in [4.69, 9.17) is 9.47 Å². The summed E-state index contributed by atoms with van der Waals surface area (Å²) >= 11 is 0. The molecular formula is C30H30F4O3. The third kappa shape index (κ3) is 6.32. The first kappa shape index (κ1) is 26.7. The Balaban J connectivity index is 1.40. The molecule has 1 fully saturated rings. The predicted octanol–water partition coefficient (Wildman–Crippen LogP) is 8.33. The third-order valence-electron chi connectivity index (χ3n) is 7.11. The van der Waals surface area contributed by atoms with Gasteiger partial charge in [0.05, 0.1) is 6.61 Å². The predicted molar refractivity (Wildman–Crippen MR) is 133 cm³/mol. The molecule has 37 heavy (non-hydrogen) atoms. The Bertz CT molecular complexity index is 1190. The van der Waals surface area contributed by atoms with Gasteiger partial charge in [-0.15, -0.1) is 0 Å². The summed E-state index contributed by atoms with van der Waals surface area (Å²) in [6.07, 6.45) is 4.60. The Kier molecular flexibility index (Phi) is 8.52. The molecule has 0 spiro atoms. The highest BCUT2D eigenvalue weighted by Gasteiger charge is 2.28. The van der Waals surface area contributed by atoms with Crippen molar-refractivity contribution in [1.82, 2.24) is 0 Å². The van der Waals surface area contributed by atoms with Crippen molar-refractivity contribution in [3.8, 4) is 11.5 Å². The van der Waals surface area contributed by atoms with E-state index in [1.165, 1.54) is 5.56 Å². The number of ether oxygens (including phenoxy) is 2. The van der Waals surface area contributed by atoms with Gasteiger partial charge in [0, 0.05) is 12.1 Å². The van der Waals surface area contributed by atoms with Gasteiger partial charge in [0.15, 0.2) is 17.4 Å². The molecule has 0 bridgehead atoms. The first-order valence-electron chi connectivity index (χ1n) is 12.6. The molecule has 3 aromatic rings. The van der Waals surface area contributed by atoms with Crippen molar-refractivity contribution >= 4 is 5.97 Å². The van der Waals surface area contributed by atoms with Crippen molar-refractivity contribution < 1.29 is 31.8 Å². The second-order valence-corrected chi connectivity index (χ2v) is 9.66. The van der Waals surface area contributed by atoms with E-state index in [9.17, 15) is 22.4 Å². The van der Waals surface area contributed by atoms with Crippen LogP contribution in [0.5, 0.6) is 11.5 Å². The second kappa shape index (κ2) is 11.8. The van der Waals surface area contributed by atoms with Crippen LogP contribution in [-0.4, -0.2) is 12.6 Å². The Labute approximate surface area is 214 Å². The zero-order valence-electron chi connectivity index (χ0n) is 20.9. The van der Waals surface area contributed by atoms with Crippen LogP contribution in [0.4, 0.5) is 17.6 Å². The molecule has 4 rings (SSSR count). The molecule has 0 heterocycles. The van der Waals surface area contributed by atoms with Crippen LogP contribution in [0, 0.1) is 29.2 Å². The lowest BCUT2D eigenvalue weighted by molar-refractivity contribution is 0.0723. The number of hydrogen-bond acceptors (Lipinski definition) is 3. The molecule has 3 nitrogen and oxygen atoms in total. The third-order valence-corrected chi connectivity index (χ3v) is 7.11. The summed E-state index contributed by atoms with van der Waals surface area (Å²) in [6, 6.07) is 14.1.